The lowest BCUT2D eigenvalue weighted by Crippen LogP contribution is -2.58. The standard InChI is InChI=1S/C33H38N4O4/c1-32(40)20-33(34,21-32)25-11-9-24(10-12-25)28-19-35-29(18-27(28)23-5-3-2-4-6-23)36-30(38)17-22-7-13-26(14-8-22)37-15-16-41-31(37)39/h2-6,9-12,18-19,22,26,40H,7-8,13-17,20-21,34H2,1H3,(H,35,36,38)/t22-,26-,32-,33-. The lowest BCUT2D eigenvalue weighted by molar-refractivity contribution is -0.117. The number of rotatable bonds is 7. The minimum absolute atomic E-state index is 0.0396. The van der Waals surface area contributed by atoms with Crippen LogP contribution in [0, 0.1) is 5.92 Å². The molecular formula is C33H38N4O4. The predicted octanol–water partition coefficient (Wildman–Crippen LogP) is 5.45. The predicted molar refractivity (Wildman–Crippen MR) is 158 cm³/mol. The second-order valence-corrected chi connectivity index (χ2v) is 12.3. The first kappa shape index (κ1) is 27.4. The molecule has 3 aliphatic rings. The van der Waals surface area contributed by atoms with Gasteiger partial charge in [-0.15, -0.1) is 0 Å². The average molecular weight is 555 g/mol. The van der Waals surface area contributed by atoms with Gasteiger partial charge >= 0.3 is 6.09 Å². The number of nitrogens with zero attached hydrogens (tertiary/aromatic N) is 2. The molecule has 0 spiro atoms. The Hall–Kier alpha value is -3.75. The molecule has 4 N–H and O–H groups in total. The van der Waals surface area contributed by atoms with E-state index in [-0.39, 0.29) is 18.0 Å². The molecule has 2 amide bonds. The average Bonchev–Trinajstić information content (AvgIpc) is 3.38. The fraction of sp³-hybridized carbons (Fsp3) is 0.424. The summed E-state index contributed by atoms with van der Waals surface area (Å²) < 4.78 is 5.09. The number of pyridine rings is 1. The second-order valence-electron chi connectivity index (χ2n) is 12.3. The summed E-state index contributed by atoms with van der Waals surface area (Å²) in [7, 11) is 0. The number of cyclic esters (lactones) is 1. The normalized spacial score (nSPS) is 27.7. The third-order valence-corrected chi connectivity index (χ3v) is 8.94. The van der Waals surface area contributed by atoms with Gasteiger partial charge in [-0.3, -0.25) is 4.79 Å². The number of amides is 2. The van der Waals surface area contributed by atoms with Crippen LogP contribution in [-0.4, -0.2) is 51.8 Å². The van der Waals surface area contributed by atoms with Crippen LogP contribution >= 0.6 is 0 Å². The summed E-state index contributed by atoms with van der Waals surface area (Å²) in [5.74, 6) is 0.782. The Morgan fingerprint density at radius 1 is 1.05 bits per heavy atom. The lowest BCUT2D eigenvalue weighted by atomic mass is 9.63. The van der Waals surface area contributed by atoms with Crippen molar-refractivity contribution in [3.63, 3.8) is 0 Å². The molecule has 0 bridgehead atoms. The maximum atomic E-state index is 13.0. The van der Waals surface area contributed by atoms with Crippen molar-refractivity contribution < 1.29 is 19.4 Å². The zero-order valence-corrected chi connectivity index (χ0v) is 23.5. The Morgan fingerprint density at radius 3 is 2.37 bits per heavy atom. The van der Waals surface area contributed by atoms with Crippen LogP contribution in [0.3, 0.4) is 0 Å². The van der Waals surface area contributed by atoms with Crippen LogP contribution in [0.25, 0.3) is 22.3 Å². The molecule has 1 aliphatic heterocycles. The number of carbonyl (C=O) groups is 2. The fourth-order valence-corrected chi connectivity index (χ4v) is 6.96. The lowest BCUT2D eigenvalue weighted by Gasteiger charge is -2.49. The van der Waals surface area contributed by atoms with Crippen LogP contribution in [0.15, 0.2) is 66.9 Å². The number of hydrogen-bond donors (Lipinski definition) is 3. The van der Waals surface area contributed by atoms with Crippen LogP contribution in [0.1, 0.15) is 57.4 Å². The summed E-state index contributed by atoms with van der Waals surface area (Å²) in [6.45, 7) is 2.96. The van der Waals surface area contributed by atoms with Gasteiger partial charge in [0.2, 0.25) is 5.91 Å². The highest BCUT2D eigenvalue weighted by Crippen LogP contribution is 2.46. The van der Waals surface area contributed by atoms with Gasteiger partial charge < -0.3 is 25.8 Å². The van der Waals surface area contributed by atoms with Gasteiger partial charge in [0.05, 0.1) is 12.1 Å². The number of carbonyl (C=O) groups excluding carboxylic acids is 2. The molecular weight excluding hydrogens is 516 g/mol. The first-order valence-corrected chi connectivity index (χ1v) is 14.6. The molecule has 0 atom stereocenters. The van der Waals surface area contributed by atoms with Crippen molar-refractivity contribution in [3.8, 4) is 22.3 Å². The van der Waals surface area contributed by atoms with Crippen molar-refractivity contribution in [2.24, 2.45) is 11.7 Å². The van der Waals surface area contributed by atoms with E-state index in [1.807, 2.05) is 54.4 Å². The number of aliphatic hydroxyl groups is 1. The Bertz CT molecular complexity index is 1410. The quantitative estimate of drug-likeness (QED) is 0.357. The maximum absolute atomic E-state index is 13.0. The number of ether oxygens (including phenoxy) is 1. The Morgan fingerprint density at radius 2 is 1.73 bits per heavy atom. The van der Waals surface area contributed by atoms with Gasteiger partial charge in [-0.05, 0) is 79.7 Å². The highest BCUT2D eigenvalue weighted by Gasteiger charge is 2.49. The molecule has 6 rings (SSSR count). The van der Waals surface area contributed by atoms with Crippen molar-refractivity contribution in [3.05, 3.63) is 72.4 Å². The molecule has 0 unspecified atom stereocenters. The number of benzene rings is 2. The van der Waals surface area contributed by atoms with Crippen LogP contribution in [-0.2, 0) is 15.1 Å². The fourth-order valence-electron chi connectivity index (χ4n) is 6.96. The monoisotopic (exact) mass is 554 g/mol. The van der Waals surface area contributed by atoms with E-state index in [0.29, 0.717) is 44.1 Å². The molecule has 8 nitrogen and oxygen atoms in total. The van der Waals surface area contributed by atoms with E-state index in [1.165, 1.54) is 0 Å². The zero-order chi connectivity index (χ0) is 28.6. The number of aromatic nitrogens is 1. The summed E-state index contributed by atoms with van der Waals surface area (Å²) in [6.07, 6.45) is 6.78. The summed E-state index contributed by atoms with van der Waals surface area (Å²) in [6, 6.07) is 20.4. The SMILES string of the molecule is C[C@]1(O)C[C@@](N)(c2ccc(-c3cnc(NC(=O)C[C@H]4CC[C@H](N5CCOC5=O)CC4)cc3-c3ccccc3)cc2)C1. The molecule has 3 aromatic rings. The van der Waals surface area contributed by atoms with Gasteiger partial charge in [0, 0.05) is 29.8 Å². The summed E-state index contributed by atoms with van der Waals surface area (Å²) in [5.41, 5.74) is 10.3. The first-order chi connectivity index (χ1) is 19.7. The van der Waals surface area contributed by atoms with E-state index in [1.54, 1.807) is 0 Å². The molecule has 2 saturated carbocycles. The van der Waals surface area contributed by atoms with Crippen LogP contribution in [0.4, 0.5) is 10.6 Å². The molecule has 2 aliphatic carbocycles. The molecule has 2 aromatic carbocycles. The number of hydrogen-bond acceptors (Lipinski definition) is 6. The Labute approximate surface area is 240 Å². The van der Waals surface area contributed by atoms with E-state index in [0.717, 1.165) is 53.5 Å². The highest BCUT2D eigenvalue weighted by molar-refractivity contribution is 5.92. The Balaban J connectivity index is 1.15. The summed E-state index contributed by atoms with van der Waals surface area (Å²) in [5, 5.41) is 13.2. The van der Waals surface area contributed by atoms with Crippen molar-refractivity contribution in [1.82, 2.24) is 9.88 Å². The summed E-state index contributed by atoms with van der Waals surface area (Å²) >= 11 is 0. The molecule has 0 radical (unpaired) electrons. The zero-order valence-electron chi connectivity index (χ0n) is 23.5. The van der Waals surface area contributed by atoms with Crippen LogP contribution in [0.2, 0.25) is 0 Å². The molecule has 1 saturated heterocycles. The Kier molecular flexibility index (Phi) is 7.30. The maximum Gasteiger partial charge on any atom is 0.410 e. The topological polar surface area (TPSA) is 118 Å². The van der Waals surface area contributed by atoms with Gasteiger partial charge in [-0.25, -0.2) is 9.78 Å². The number of anilines is 1. The minimum Gasteiger partial charge on any atom is -0.448 e. The van der Waals surface area contributed by atoms with Crippen molar-refractivity contribution in [2.45, 2.75) is 69.1 Å². The van der Waals surface area contributed by atoms with Crippen molar-refractivity contribution >= 4 is 17.8 Å². The van der Waals surface area contributed by atoms with Gasteiger partial charge in [0.15, 0.2) is 0 Å². The van der Waals surface area contributed by atoms with E-state index in [2.05, 4.69) is 34.6 Å². The third kappa shape index (κ3) is 5.85. The van der Waals surface area contributed by atoms with Crippen molar-refractivity contribution in [1.29, 1.82) is 0 Å². The van der Waals surface area contributed by atoms with Gasteiger partial charge in [-0.2, -0.15) is 0 Å². The highest BCUT2D eigenvalue weighted by atomic mass is 16.6. The molecule has 2 heterocycles. The molecule has 3 fully saturated rings. The van der Waals surface area contributed by atoms with Gasteiger partial charge in [0.25, 0.3) is 0 Å². The van der Waals surface area contributed by atoms with Gasteiger partial charge in [0.1, 0.15) is 12.4 Å². The van der Waals surface area contributed by atoms with E-state index in [4.69, 9.17) is 10.5 Å². The molecule has 41 heavy (non-hydrogen) atoms. The summed E-state index contributed by atoms with van der Waals surface area (Å²) in [4.78, 5) is 31.4. The van der Waals surface area contributed by atoms with Crippen LogP contribution < -0.4 is 11.1 Å². The minimum atomic E-state index is -0.707. The second kappa shape index (κ2) is 10.9. The third-order valence-electron chi connectivity index (χ3n) is 8.94. The van der Waals surface area contributed by atoms with Crippen LogP contribution in [0.5, 0.6) is 0 Å². The van der Waals surface area contributed by atoms with Gasteiger partial charge in [-0.1, -0.05) is 54.6 Å². The van der Waals surface area contributed by atoms with E-state index >= 15 is 0 Å². The smallest absolute Gasteiger partial charge is 0.410 e. The largest absolute Gasteiger partial charge is 0.448 e. The molecule has 1 aromatic heterocycles. The van der Waals surface area contributed by atoms with E-state index in [9.17, 15) is 14.7 Å². The first-order valence-electron chi connectivity index (χ1n) is 14.6. The number of nitrogens with two attached hydrogens (primary N) is 1. The number of nitrogens with one attached hydrogen (secondary N) is 1. The van der Waals surface area contributed by atoms with Crippen molar-refractivity contribution in [2.75, 3.05) is 18.5 Å². The molecule has 214 valence electrons. The molecule has 8 heteroatoms. The van der Waals surface area contributed by atoms with E-state index < -0.39 is 11.1 Å².